The monoisotopic (exact) mass is 556 g/mol. The zero-order valence-electron chi connectivity index (χ0n) is 21.9. The van der Waals surface area contributed by atoms with Gasteiger partial charge in [-0.25, -0.2) is 8.42 Å². The minimum Gasteiger partial charge on any atom is -0.490 e. The molecule has 6 nitrogen and oxygen atoms in total. The topological polar surface area (TPSA) is 75.7 Å². The molecule has 0 saturated heterocycles. The second kappa shape index (κ2) is 10.4. The van der Waals surface area contributed by atoms with Crippen LogP contribution in [0.1, 0.15) is 72.9 Å². The van der Waals surface area contributed by atoms with E-state index in [1.54, 1.807) is 0 Å². The number of amides is 1. The summed E-state index contributed by atoms with van der Waals surface area (Å²) < 4.78 is 33.1. The van der Waals surface area contributed by atoms with Gasteiger partial charge in [0, 0.05) is 35.6 Å². The van der Waals surface area contributed by atoms with Gasteiger partial charge in [-0.1, -0.05) is 30.5 Å². The largest absolute Gasteiger partial charge is 0.490 e. The van der Waals surface area contributed by atoms with Gasteiger partial charge in [0.05, 0.1) is 23.3 Å². The predicted molar refractivity (Wildman–Crippen MR) is 151 cm³/mol. The lowest BCUT2D eigenvalue weighted by molar-refractivity contribution is 0.0953. The normalized spacial score (nSPS) is 29.2. The number of nitrogens with one attached hydrogen (secondary N) is 1. The van der Waals surface area contributed by atoms with E-state index in [2.05, 4.69) is 22.3 Å². The Morgan fingerprint density at radius 2 is 1.89 bits per heavy atom. The number of rotatable bonds is 0. The summed E-state index contributed by atoms with van der Waals surface area (Å²) in [6.45, 7) is 2.51. The summed E-state index contributed by atoms with van der Waals surface area (Å²) >= 11 is 6.37. The predicted octanol–water partition coefficient (Wildman–Crippen LogP) is 5.31. The third-order valence-corrected chi connectivity index (χ3v) is 11.8. The van der Waals surface area contributed by atoms with Crippen LogP contribution in [0.2, 0.25) is 5.02 Å². The number of hydrogen-bond acceptors (Lipinski definition) is 5. The molecule has 1 amide bonds. The highest BCUT2D eigenvalue weighted by Gasteiger charge is 2.45. The molecular formula is C30H37ClN2O4S. The molecule has 0 unspecified atom stereocenters. The van der Waals surface area contributed by atoms with Gasteiger partial charge in [0.15, 0.2) is 9.84 Å². The molecule has 0 radical (unpaired) electrons. The van der Waals surface area contributed by atoms with E-state index >= 15 is 0 Å². The first-order valence-corrected chi connectivity index (χ1v) is 16.2. The Balaban J connectivity index is 1.40. The third-order valence-electron chi connectivity index (χ3n) is 9.20. The van der Waals surface area contributed by atoms with Crippen LogP contribution in [0.3, 0.4) is 0 Å². The lowest BCUT2D eigenvalue weighted by Gasteiger charge is -2.44. The van der Waals surface area contributed by atoms with Crippen LogP contribution in [0, 0.1) is 5.92 Å². The summed E-state index contributed by atoms with van der Waals surface area (Å²) in [6, 6.07) is 11.9. The average Bonchev–Trinajstić information content (AvgIpc) is 3.02. The molecule has 3 atom stereocenters. The first-order valence-electron chi connectivity index (χ1n) is 14.2. The van der Waals surface area contributed by atoms with Crippen LogP contribution in [-0.4, -0.2) is 51.6 Å². The second-order valence-electron chi connectivity index (χ2n) is 11.7. The molecule has 8 heteroatoms. The second-order valence-corrected chi connectivity index (χ2v) is 14.5. The van der Waals surface area contributed by atoms with Crippen molar-refractivity contribution < 1.29 is 17.9 Å². The number of fused-ring (bicyclic) bond motifs is 4. The highest BCUT2D eigenvalue weighted by atomic mass is 35.5. The number of benzene rings is 2. The molecule has 1 spiro atoms. The smallest absolute Gasteiger partial charge is 0.251 e. The number of halogens is 1. The summed E-state index contributed by atoms with van der Waals surface area (Å²) in [6.07, 6.45) is 8.05. The Labute approximate surface area is 231 Å². The molecule has 2 heterocycles. The average molecular weight is 557 g/mol. The lowest BCUT2D eigenvalue weighted by Crippen LogP contribution is -2.51. The molecule has 2 aliphatic heterocycles. The molecule has 204 valence electrons. The van der Waals surface area contributed by atoms with Gasteiger partial charge in [0.2, 0.25) is 0 Å². The van der Waals surface area contributed by atoms with Gasteiger partial charge >= 0.3 is 0 Å². The number of ether oxygens (including phenoxy) is 1. The van der Waals surface area contributed by atoms with E-state index < -0.39 is 9.84 Å². The third kappa shape index (κ3) is 4.92. The molecule has 2 aromatic rings. The van der Waals surface area contributed by atoms with Crippen LogP contribution in [0.15, 0.2) is 36.4 Å². The summed E-state index contributed by atoms with van der Waals surface area (Å²) in [7, 11) is -3.13. The van der Waals surface area contributed by atoms with Crippen LogP contribution in [0.5, 0.6) is 5.75 Å². The number of sulfone groups is 1. The fourth-order valence-corrected chi connectivity index (χ4v) is 9.40. The van der Waals surface area contributed by atoms with Crippen LogP contribution in [0.4, 0.5) is 5.69 Å². The SMILES string of the molecule is O=C1NCCCCCCS(=O)(=O)[C@H]2CC[C@@H]2CN2C[C@@]3(CCCc4cc(Cl)ccc43)COc3ccc1cc32. The summed E-state index contributed by atoms with van der Waals surface area (Å²) in [4.78, 5) is 15.4. The zero-order valence-corrected chi connectivity index (χ0v) is 23.5. The molecule has 2 aliphatic carbocycles. The highest BCUT2D eigenvalue weighted by molar-refractivity contribution is 7.92. The molecule has 6 rings (SSSR count). The van der Waals surface area contributed by atoms with Crippen molar-refractivity contribution >= 4 is 33.0 Å². The van der Waals surface area contributed by atoms with E-state index in [1.807, 2.05) is 24.3 Å². The Morgan fingerprint density at radius 1 is 1.03 bits per heavy atom. The first-order chi connectivity index (χ1) is 18.3. The van der Waals surface area contributed by atoms with E-state index in [0.717, 1.165) is 74.4 Å². The number of carbonyl (C=O) groups excluding carboxylic acids is 1. The van der Waals surface area contributed by atoms with Crippen molar-refractivity contribution in [1.29, 1.82) is 0 Å². The molecule has 0 aromatic heterocycles. The van der Waals surface area contributed by atoms with E-state index in [1.165, 1.54) is 11.1 Å². The number of aryl methyl sites for hydroxylation is 1. The van der Waals surface area contributed by atoms with Crippen molar-refractivity contribution in [3.8, 4) is 5.75 Å². The van der Waals surface area contributed by atoms with Crippen molar-refractivity contribution in [2.45, 2.75) is 68.5 Å². The van der Waals surface area contributed by atoms with Crippen LogP contribution < -0.4 is 15.0 Å². The number of hydrogen-bond donors (Lipinski definition) is 1. The van der Waals surface area contributed by atoms with Crippen molar-refractivity contribution in [2.24, 2.45) is 5.92 Å². The molecule has 1 saturated carbocycles. The van der Waals surface area contributed by atoms with Crippen molar-refractivity contribution in [2.75, 3.05) is 36.9 Å². The number of nitrogens with zero attached hydrogens (tertiary/aromatic N) is 1. The molecular weight excluding hydrogens is 520 g/mol. The van der Waals surface area contributed by atoms with E-state index in [-0.39, 0.29) is 28.2 Å². The van der Waals surface area contributed by atoms with Crippen molar-refractivity contribution in [1.82, 2.24) is 5.32 Å². The Kier molecular flexibility index (Phi) is 7.10. The van der Waals surface area contributed by atoms with Gasteiger partial charge in [-0.05, 0) is 92.3 Å². The van der Waals surface area contributed by atoms with Crippen molar-refractivity contribution in [3.63, 3.8) is 0 Å². The molecule has 1 N–H and O–H groups in total. The minimum atomic E-state index is -3.13. The Bertz CT molecular complexity index is 1330. The minimum absolute atomic E-state index is 0.0689. The van der Waals surface area contributed by atoms with E-state index in [0.29, 0.717) is 31.7 Å². The Morgan fingerprint density at radius 3 is 2.74 bits per heavy atom. The zero-order chi connectivity index (χ0) is 26.3. The van der Waals surface area contributed by atoms with E-state index in [4.69, 9.17) is 16.3 Å². The van der Waals surface area contributed by atoms with Crippen LogP contribution >= 0.6 is 11.6 Å². The first kappa shape index (κ1) is 26.0. The highest BCUT2D eigenvalue weighted by Crippen LogP contribution is 2.46. The maximum atomic E-state index is 13.3. The summed E-state index contributed by atoms with van der Waals surface area (Å²) in [5.74, 6) is 1.05. The van der Waals surface area contributed by atoms with Gasteiger partial charge in [0.25, 0.3) is 5.91 Å². The molecule has 2 aromatic carbocycles. The van der Waals surface area contributed by atoms with Gasteiger partial charge in [0.1, 0.15) is 5.75 Å². The van der Waals surface area contributed by atoms with Gasteiger partial charge < -0.3 is 15.0 Å². The number of carbonyl (C=O) groups is 1. The number of anilines is 1. The van der Waals surface area contributed by atoms with Crippen molar-refractivity contribution in [3.05, 3.63) is 58.1 Å². The van der Waals surface area contributed by atoms with Gasteiger partial charge in [-0.15, -0.1) is 0 Å². The maximum Gasteiger partial charge on any atom is 0.251 e. The van der Waals surface area contributed by atoms with E-state index in [9.17, 15) is 13.2 Å². The van der Waals surface area contributed by atoms with Gasteiger partial charge in [-0.3, -0.25) is 4.79 Å². The summed E-state index contributed by atoms with van der Waals surface area (Å²) in [5.41, 5.74) is 3.85. The standard InChI is InChI=1S/C30H37ClN2O4S/c31-24-9-10-25-21(16-24)6-5-13-30(25)19-33-18-23-8-12-28(23)38(35,36)15-4-2-1-3-14-32-29(34)22-7-11-27(37-20-30)26(33)17-22/h7,9-11,16-17,23,28H,1-6,8,12-15,18-20H2,(H,32,34)/t23-,28+,30+/m1/s1. The molecule has 2 bridgehead atoms. The fraction of sp³-hybridized carbons (Fsp3) is 0.567. The van der Waals surface area contributed by atoms with Crippen LogP contribution in [-0.2, 0) is 21.7 Å². The summed E-state index contributed by atoms with van der Waals surface area (Å²) in [5, 5.41) is 3.53. The molecule has 1 fully saturated rings. The van der Waals surface area contributed by atoms with Crippen LogP contribution in [0.25, 0.3) is 0 Å². The molecule has 38 heavy (non-hydrogen) atoms. The lowest BCUT2D eigenvalue weighted by atomic mass is 9.70. The molecule has 4 aliphatic rings. The quantitative estimate of drug-likeness (QED) is 0.476. The maximum absolute atomic E-state index is 13.3. The fourth-order valence-electron chi connectivity index (χ4n) is 7.00. The Hall–Kier alpha value is -2.25. The van der Waals surface area contributed by atoms with Gasteiger partial charge in [-0.2, -0.15) is 0 Å².